The number of carbonyl (C=O) groups excluding carboxylic acids is 1. The number of aliphatic hydroxyl groups is 1. The van der Waals surface area contributed by atoms with Crippen LogP contribution in [0.1, 0.15) is 6.42 Å². The van der Waals surface area contributed by atoms with Crippen LogP contribution in [0.5, 0.6) is 0 Å². The average Bonchev–Trinajstić information content (AvgIpc) is 2.33. The van der Waals surface area contributed by atoms with Gasteiger partial charge in [0.1, 0.15) is 16.3 Å². The molecule has 0 fully saturated rings. The van der Waals surface area contributed by atoms with Crippen molar-refractivity contribution in [3.8, 4) is 0 Å². The maximum absolute atomic E-state index is 13.0. The lowest BCUT2D eigenvalue weighted by Gasteiger charge is -2.18. The minimum Gasteiger partial charge on any atom is -0.511 e. The van der Waals surface area contributed by atoms with E-state index in [1.165, 1.54) is 6.07 Å². The summed E-state index contributed by atoms with van der Waals surface area (Å²) < 4.78 is 25.8. The molecule has 0 unspecified atom stereocenters. The van der Waals surface area contributed by atoms with Crippen molar-refractivity contribution in [2.24, 2.45) is 0 Å². The molecule has 0 aliphatic carbocycles. The van der Waals surface area contributed by atoms with Gasteiger partial charge in [-0.3, -0.25) is 4.79 Å². The van der Waals surface area contributed by atoms with Crippen LogP contribution < -0.4 is 10.6 Å². The summed E-state index contributed by atoms with van der Waals surface area (Å²) in [6.45, 7) is 0.335. The molecule has 1 aliphatic heterocycles. The third kappa shape index (κ3) is 2.87. The van der Waals surface area contributed by atoms with Crippen LogP contribution >= 0.6 is 12.2 Å². The Morgan fingerprint density at radius 2 is 2.11 bits per heavy atom. The van der Waals surface area contributed by atoms with E-state index in [0.717, 1.165) is 12.1 Å². The first kappa shape index (κ1) is 13.4. The molecule has 0 aromatic heterocycles. The molecule has 2 rings (SSSR count). The second-order valence-electron chi connectivity index (χ2n) is 3.91. The van der Waals surface area contributed by atoms with Crippen molar-refractivity contribution in [2.75, 3.05) is 11.9 Å². The smallest absolute Gasteiger partial charge is 0.257 e. The number of amides is 1. The Balaban J connectivity index is 2.21. The third-order valence-corrected chi connectivity index (χ3v) is 2.87. The Kier molecular flexibility index (Phi) is 3.75. The van der Waals surface area contributed by atoms with Crippen molar-refractivity contribution in [3.63, 3.8) is 0 Å². The SMILES string of the molecule is O=C1NCCC(O)=C1C(=S)Nc1ccc(F)c(F)c1. The molecule has 1 amide bonds. The summed E-state index contributed by atoms with van der Waals surface area (Å²) in [7, 11) is 0. The predicted octanol–water partition coefficient (Wildman–Crippen LogP) is 2.04. The number of nitrogens with one attached hydrogen (secondary N) is 2. The zero-order chi connectivity index (χ0) is 14.0. The van der Waals surface area contributed by atoms with Gasteiger partial charge in [-0.1, -0.05) is 12.2 Å². The molecule has 1 aliphatic rings. The molecule has 7 heteroatoms. The van der Waals surface area contributed by atoms with Gasteiger partial charge < -0.3 is 15.7 Å². The summed E-state index contributed by atoms with van der Waals surface area (Å²) in [5, 5.41) is 14.8. The van der Waals surface area contributed by atoms with E-state index in [-0.39, 0.29) is 28.4 Å². The Morgan fingerprint density at radius 3 is 2.74 bits per heavy atom. The molecule has 0 spiro atoms. The number of rotatable bonds is 2. The second kappa shape index (κ2) is 5.31. The van der Waals surface area contributed by atoms with E-state index in [9.17, 15) is 18.7 Å². The van der Waals surface area contributed by atoms with Gasteiger partial charge in [-0.15, -0.1) is 0 Å². The highest BCUT2D eigenvalue weighted by Gasteiger charge is 2.23. The van der Waals surface area contributed by atoms with Gasteiger partial charge in [0.25, 0.3) is 5.91 Å². The number of thiocarbonyl (C=S) groups is 1. The van der Waals surface area contributed by atoms with Crippen LogP contribution in [0.25, 0.3) is 0 Å². The van der Waals surface area contributed by atoms with Gasteiger partial charge in [-0.25, -0.2) is 8.78 Å². The fourth-order valence-corrected chi connectivity index (χ4v) is 1.97. The lowest BCUT2D eigenvalue weighted by Crippen LogP contribution is -2.36. The number of aliphatic hydroxyl groups excluding tert-OH is 1. The molecule has 19 heavy (non-hydrogen) atoms. The Bertz CT molecular complexity index is 587. The molecule has 0 saturated carbocycles. The normalized spacial score (nSPS) is 15.2. The zero-order valence-corrected chi connectivity index (χ0v) is 10.5. The van der Waals surface area contributed by atoms with Gasteiger partial charge in [0.2, 0.25) is 0 Å². The Labute approximate surface area is 113 Å². The van der Waals surface area contributed by atoms with Crippen LogP contribution in [0.15, 0.2) is 29.5 Å². The first-order valence-electron chi connectivity index (χ1n) is 5.45. The quantitative estimate of drug-likeness (QED) is 0.727. The summed E-state index contributed by atoms with van der Waals surface area (Å²) in [4.78, 5) is 11.5. The van der Waals surface area contributed by atoms with Crippen molar-refractivity contribution < 1.29 is 18.7 Å². The first-order valence-corrected chi connectivity index (χ1v) is 5.86. The zero-order valence-electron chi connectivity index (χ0n) is 9.67. The van der Waals surface area contributed by atoms with Gasteiger partial charge in [0.05, 0.1) is 0 Å². The summed E-state index contributed by atoms with van der Waals surface area (Å²) in [5.74, 6) is -2.62. The van der Waals surface area contributed by atoms with Crippen molar-refractivity contribution in [3.05, 3.63) is 41.2 Å². The minimum absolute atomic E-state index is 0.0410. The van der Waals surface area contributed by atoms with Gasteiger partial charge >= 0.3 is 0 Å². The maximum atomic E-state index is 13.0. The Hall–Kier alpha value is -2.02. The van der Waals surface area contributed by atoms with Gasteiger partial charge in [-0.05, 0) is 12.1 Å². The second-order valence-corrected chi connectivity index (χ2v) is 4.32. The van der Waals surface area contributed by atoms with Crippen LogP contribution in [-0.4, -0.2) is 22.5 Å². The molecule has 0 saturated heterocycles. The van der Waals surface area contributed by atoms with E-state index in [1.54, 1.807) is 0 Å². The molecule has 0 atom stereocenters. The molecule has 0 radical (unpaired) electrons. The van der Waals surface area contributed by atoms with Gasteiger partial charge in [-0.2, -0.15) is 0 Å². The molecule has 0 bridgehead atoms. The Morgan fingerprint density at radius 1 is 1.37 bits per heavy atom. The molecule has 100 valence electrons. The fourth-order valence-electron chi connectivity index (χ4n) is 1.64. The molecule has 3 N–H and O–H groups in total. The largest absolute Gasteiger partial charge is 0.511 e. The average molecular weight is 284 g/mol. The number of carbonyl (C=O) groups is 1. The van der Waals surface area contributed by atoms with E-state index in [2.05, 4.69) is 10.6 Å². The minimum atomic E-state index is -1.03. The molecular formula is C12H10F2N2O2S. The van der Waals surface area contributed by atoms with Crippen molar-refractivity contribution in [1.82, 2.24) is 5.32 Å². The number of anilines is 1. The summed E-state index contributed by atoms with van der Waals surface area (Å²) >= 11 is 4.98. The van der Waals surface area contributed by atoms with Gasteiger partial charge in [0.15, 0.2) is 11.6 Å². The fraction of sp³-hybridized carbons (Fsp3) is 0.167. The van der Waals surface area contributed by atoms with Crippen LogP contribution in [0.2, 0.25) is 0 Å². The number of hydrogen-bond acceptors (Lipinski definition) is 3. The van der Waals surface area contributed by atoms with Crippen LogP contribution in [0.4, 0.5) is 14.5 Å². The number of hydrogen-bond donors (Lipinski definition) is 3. The third-order valence-electron chi connectivity index (χ3n) is 2.57. The van der Waals surface area contributed by atoms with Crippen molar-refractivity contribution >= 4 is 28.8 Å². The van der Waals surface area contributed by atoms with E-state index >= 15 is 0 Å². The topological polar surface area (TPSA) is 61.4 Å². The van der Waals surface area contributed by atoms with Crippen LogP contribution in [0.3, 0.4) is 0 Å². The van der Waals surface area contributed by atoms with Crippen LogP contribution in [0, 0.1) is 11.6 Å². The lowest BCUT2D eigenvalue weighted by atomic mass is 10.1. The van der Waals surface area contributed by atoms with E-state index in [0.29, 0.717) is 6.54 Å². The molecule has 1 aromatic carbocycles. The van der Waals surface area contributed by atoms with E-state index in [4.69, 9.17) is 12.2 Å². The highest BCUT2D eigenvalue weighted by atomic mass is 32.1. The van der Waals surface area contributed by atoms with Crippen LogP contribution in [-0.2, 0) is 4.79 Å². The van der Waals surface area contributed by atoms with Crippen molar-refractivity contribution in [2.45, 2.75) is 6.42 Å². The first-order chi connectivity index (χ1) is 8.99. The van der Waals surface area contributed by atoms with Gasteiger partial charge in [0, 0.05) is 24.7 Å². The lowest BCUT2D eigenvalue weighted by molar-refractivity contribution is -0.117. The summed E-state index contributed by atoms with van der Waals surface area (Å²) in [6.07, 6.45) is 0.278. The summed E-state index contributed by atoms with van der Waals surface area (Å²) in [6, 6.07) is 3.14. The standard InChI is InChI=1S/C12H10F2N2O2S/c13-7-2-1-6(5-8(7)14)16-12(19)10-9(17)3-4-15-11(10)18/h1-2,5,17H,3-4H2,(H,15,18)(H,16,19). The highest BCUT2D eigenvalue weighted by molar-refractivity contribution is 7.81. The van der Waals surface area contributed by atoms with E-state index in [1.807, 2.05) is 0 Å². The predicted molar refractivity (Wildman–Crippen MR) is 69.9 cm³/mol. The number of halogens is 2. The maximum Gasteiger partial charge on any atom is 0.257 e. The highest BCUT2D eigenvalue weighted by Crippen LogP contribution is 2.17. The number of benzene rings is 1. The summed E-state index contributed by atoms with van der Waals surface area (Å²) in [5.41, 5.74) is 0.147. The van der Waals surface area contributed by atoms with Crippen molar-refractivity contribution in [1.29, 1.82) is 0 Å². The monoisotopic (exact) mass is 284 g/mol. The molecule has 1 heterocycles. The molecule has 4 nitrogen and oxygen atoms in total. The molecular weight excluding hydrogens is 274 g/mol. The molecule has 1 aromatic rings. The van der Waals surface area contributed by atoms with E-state index < -0.39 is 17.5 Å².